The molecular formula is C18H20N2O3. The molecule has 2 aromatic rings. The second-order valence-electron chi connectivity index (χ2n) is 6.38. The molecule has 1 saturated carbocycles. The number of pyridine rings is 1. The van der Waals surface area contributed by atoms with Gasteiger partial charge in [0.05, 0.1) is 11.1 Å². The summed E-state index contributed by atoms with van der Waals surface area (Å²) in [6.07, 6.45) is 2.19. The number of carbonyl (C=O) groups is 2. The van der Waals surface area contributed by atoms with Crippen LogP contribution in [0.15, 0.2) is 18.2 Å². The zero-order valence-electron chi connectivity index (χ0n) is 13.5. The number of nitrogens with one attached hydrogen (secondary N) is 1. The molecule has 1 aliphatic carbocycles. The third kappa shape index (κ3) is 3.04. The van der Waals surface area contributed by atoms with Crippen LogP contribution in [0.3, 0.4) is 0 Å². The van der Waals surface area contributed by atoms with Gasteiger partial charge >= 0.3 is 5.97 Å². The lowest BCUT2D eigenvalue weighted by atomic mass is 10.00. The highest BCUT2D eigenvalue weighted by molar-refractivity contribution is 6.08. The van der Waals surface area contributed by atoms with Crippen molar-refractivity contribution in [1.82, 2.24) is 10.3 Å². The summed E-state index contributed by atoms with van der Waals surface area (Å²) in [4.78, 5) is 28.3. The Kier molecular flexibility index (Phi) is 3.80. The van der Waals surface area contributed by atoms with Crippen LogP contribution in [-0.2, 0) is 4.79 Å². The van der Waals surface area contributed by atoms with Crippen molar-refractivity contribution in [2.24, 2.45) is 0 Å². The molecule has 5 heteroatoms. The number of rotatable bonds is 4. The number of carboxylic acid groups (broad SMARTS) is 1. The van der Waals surface area contributed by atoms with E-state index in [2.05, 4.69) is 5.32 Å². The highest BCUT2D eigenvalue weighted by Gasteiger charge is 2.28. The van der Waals surface area contributed by atoms with E-state index in [-0.39, 0.29) is 5.91 Å². The molecule has 120 valence electrons. The minimum atomic E-state index is -1.05. The molecule has 0 bridgehead atoms. The molecule has 0 radical (unpaired) electrons. The fourth-order valence-electron chi connectivity index (χ4n) is 2.81. The molecule has 1 aromatic carbocycles. The molecule has 3 rings (SSSR count). The van der Waals surface area contributed by atoms with Gasteiger partial charge in [0.15, 0.2) is 0 Å². The minimum absolute atomic E-state index is 0.362. The third-order valence-electron chi connectivity index (χ3n) is 4.23. The molecule has 1 fully saturated rings. The van der Waals surface area contributed by atoms with Crippen LogP contribution < -0.4 is 5.32 Å². The number of carboxylic acids is 1. The maximum Gasteiger partial charge on any atom is 0.325 e. The molecule has 2 N–H and O–H groups in total. The summed E-state index contributed by atoms with van der Waals surface area (Å²) in [5.41, 5.74) is 4.35. The molecule has 1 amide bonds. The summed E-state index contributed by atoms with van der Waals surface area (Å²) in [7, 11) is 0. The third-order valence-corrected chi connectivity index (χ3v) is 4.23. The van der Waals surface area contributed by atoms with Crippen LogP contribution in [0.2, 0.25) is 0 Å². The Morgan fingerprint density at radius 3 is 2.57 bits per heavy atom. The van der Waals surface area contributed by atoms with Crippen molar-refractivity contribution in [3.05, 3.63) is 40.6 Å². The van der Waals surface area contributed by atoms with Crippen molar-refractivity contribution in [3.63, 3.8) is 0 Å². The Bertz CT molecular complexity index is 810. The number of aliphatic carboxylic acids is 1. The van der Waals surface area contributed by atoms with Gasteiger partial charge in [0.1, 0.15) is 6.04 Å². The van der Waals surface area contributed by atoms with Crippen LogP contribution >= 0.6 is 0 Å². The highest BCUT2D eigenvalue weighted by atomic mass is 16.4. The average molecular weight is 312 g/mol. The van der Waals surface area contributed by atoms with Gasteiger partial charge in [-0.2, -0.15) is 0 Å². The van der Waals surface area contributed by atoms with Crippen LogP contribution in [-0.4, -0.2) is 28.0 Å². The lowest BCUT2D eigenvalue weighted by Gasteiger charge is -2.14. The van der Waals surface area contributed by atoms with E-state index in [1.807, 2.05) is 32.0 Å². The number of amides is 1. The predicted octanol–water partition coefficient (Wildman–Crippen LogP) is 2.93. The number of carbonyl (C=O) groups excluding carboxylic acids is 1. The first-order valence-corrected chi connectivity index (χ1v) is 7.82. The first-order valence-electron chi connectivity index (χ1n) is 7.82. The first-order chi connectivity index (χ1) is 10.9. The minimum Gasteiger partial charge on any atom is -0.480 e. The number of aromatic nitrogens is 1. The first kappa shape index (κ1) is 15.5. The van der Waals surface area contributed by atoms with Crippen molar-refractivity contribution >= 4 is 22.8 Å². The lowest BCUT2D eigenvalue weighted by Crippen LogP contribution is -2.38. The monoisotopic (exact) mass is 312 g/mol. The number of hydrogen-bond acceptors (Lipinski definition) is 3. The van der Waals surface area contributed by atoms with Crippen LogP contribution in [0.1, 0.15) is 52.9 Å². The van der Waals surface area contributed by atoms with Crippen LogP contribution in [0, 0.1) is 13.8 Å². The van der Waals surface area contributed by atoms with Crippen molar-refractivity contribution in [2.75, 3.05) is 0 Å². The Balaban J connectivity index is 2.13. The smallest absolute Gasteiger partial charge is 0.325 e. The van der Waals surface area contributed by atoms with Gasteiger partial charge in [-0.05, 0) is 51.3 Å². The molecule has 1 aliphatic rings. The zero-order valence-corrected chi connectivity index (χ0v) is 13.5. The topological polar surface area (TPSA) is 79.3 Å². The number of aryl methyl sites for hydroxylation is 2. The van der Waals surface area contributed by atoms with Crippen molar-refractivity contribution in [2.45, 2.75) is 45.6 Å². The van der Waals surface area contributed by atoms with Gasteiger partial charge in [-0.3, -0.25) is 14.6 Å². The molecule has 23 heavy (non-hydrogen) atoms. The standard InChI is InChI=1S/C18H20N2O3/c1-9-6-10(2)16-13(7-9)14(8-15(20-16)12-4-5-12)17(21)19-11(3)18(22)23/h6-8,11-12H,4-5H2,1-3H3,(H,19,21)(H,22,23)/t11-/m1/s1. The summed E-state index contributed by atoms with van der Waals surface area (Å²) in [6.45, 7) is 5.42. The van der Waals surface area contributed by atoms with Crippen molar-refractivity contribution in [1.29, 1.82) is 0 Å². The molecule has 0 saturated heterocycles. The zero-order chi connectivity index (χ0) is 16.7. The summed E-state index contributed by atoms with van der Waals surface area (Å²) >= 11 is 0. The molecule has 1 atom stereocenters. The van der Waals surface area contributed by atoms with Crippen LogP contribution in [0.4, 0.5) is 0 Å². The summed E-state index contributed by atoms with van der Waals surface area (Å²) in [6, 6.07) is 4.88. The molecule has 5 nitrogen and oxygen atoms in total. The van der Waals surface area contributed by atoms with E-state index >= 15 is 0 Å². The van der Waals surface area contributed by atoms with E-state index in [4.69, 9.17) is 10.1 Å². The molecular weight excluding hydrogens is 292 g/mol. The van der Waals surface area contributed by atoms with Gasteiger partial charge in [-0.15, -0.1) is 0 Å². The van der Waals surface area contributed by atoms with Gasteiger partial charge < -0.3 is 10.4 Å². The molecule has 1 heterocycles. The number of nitrogens with zero attached hydrogens (tertiary/aromatic N) is 1. The normalized spacial score (nSPS) is 15.4. The van der Waals surface area contributed by atoms with Crippen LogP contribution in [0.25, 0.3) is 10.9 Å². The summed E-state index contributed by atoms with van der Waals surface area (Å²) in [5, 5.41) is 12.3. The van der Waals surface area contributed by atoms with E-state index in [0.29, 0.717) is 11.5 Å². The fraction of sp³-hybridized carbons (Fsp3) is 0.389. The number of fused-ring (bicyclic) bond motifs is 1. The Morgan fingerprint density at radius 2 is 1.96 bits per heavy atom. The van der Waals surface area contributed by atoms with Crippen LogP contribution in [0.5, 0.6) is 0 Å². The van der Waals surface area contributed by atoms with E-state index in [9.17, 15) is 9.59 Å². The molecule has 1 aromatic heterocycles. The van der Waals surface area contributed by atoms with E-state index in [1.54, 1.807) is 0 Å². The molecule has 0 aliphatic heterocycles. The van der Waals surface area contributed by atoms with Gasteiger partial charge in [-0.1, -0.05) is 11.6 Å². The Hall–Kier alpha value is -2.43. The maximum absolute atomic E-state index is 12.6. The Labute approximate surface area is 134 Å². The largest absolute Gasteiger partial charge is 0.480 e. The van der Waals surface area contributed by atoms with E-state index < -0.39 is 12.0 Å². The van der Waals surface area contributed by atoms with Gasteiger partial charge in [0, 0.05) is 17.0 Å². The SMILES string of the molecule is Cc1cc(C)c2nc(C3CC3)cc(C(=O)N[C@H](C)C(=O)O)c2c1. The second-order valence-corrected chi connectivity index (χ2v) is 6.38. The lowest BCUT2D eigenvalue weighted by molar-refractivity contribution is -0.138. The average Bonchev–Trinajstić information content (AvgIpc) is 3.30. The molecule has 0 spiro atoms. The second kappa shape index (κ2) is 5.65. The fourth-order valence-corrected chi connectivity index (χ4v) is 2.81. The van der Waals surface area contributed by atoms with E-state index in [0.717, 1.165) is 40.6 Å². The summed E-state index contributed by atoms with van der Waals surface area (Å²) < 4.78 is 0. The number of hydrogen-bond donors (Lipinski definition) is 2. The maximum atomic E-state index is 12.6. The summed E-state index contributed by atoms with van der Waals surface area (Å²) in [5.74, 6) is -0.991. The predicted molar refractivity (Wildman–Crippen MR) is 87.8 cm³/mol. The Morgan fingerprint density at radius 1 is 1.26 bits per heavy atom. The van der Waals surface area contributed by atoms with E-state index in [1.165, 1.54) is 6.92 Å². The quantitative estimate of drug-likeness (QED) is 0.909. The van der Waals surface area contributed by atoms with Crippen molar-refractivity contribution in [3.8, 4) is 0 Å². The highest BCUT2D eigenvalue weighted by Crippen LogP contribution is 2.40. The van der Waals surface area contributed by atoms with Gasteiger partial charge in [-0.25, -0.2) is 0 Å². The molecule has 0 unspecified atom stereocenters. The van der Waals surface area contributed by atoms with Gasteiger partial charge in [0.2, 0.25) is 0 Å². The van der Waals surface area contributed by atoms with Gasteiger partial charge in [0.25, 0.3) is 5.91 Å². The van der Waals surface area contributed by atoms with Crippen molar-refractivity contribution < 1.29 is 14.7 Å². The number of benzene rings is 1.